The first kappa shape index (κ1) is 12.5. The summed E-state index contributed by atoms with van der Waals surface area (Å²) < 4.78 is 1.68. The first-order valence-electron chi connectivity index (χ1n) is 5.64. The number of benzene rings is 1. The van der Waals surface area contributed by atoms with Crippen molar-refractivity contribution in [3.63, 3.8) is 0 Å². The minimum Gasteiger partial charge on any atom is -0.389 e. The van der Waals surface area contributed by atoms with Gasteiger partial charge in [0.2, 0.25) is 0 Å². The van der Waals surface area contributed by atoms with E-state index in [-0.39, 0.29) is 10.5 Å². The minimum atomic E-state index is -0.133. The molecule has 0 saturated heterocycles. The second-order valence-electron chi connectivity index (χ2n) is 4.13. The van der Waals surface area contributed by atoms with Crippen molar-refractivity contribution in [1.29, 1.82) is 0 Å². The quantitative estimate of drug-likeness (QED) is 0.855. The molecule has 0 radical (unpaired) electrons. The molecule has 0 fully saturated rings. The third-order valence-corrected chi connectivity index (χ3v) is 3.06. The fourth-order valence-corrected chi connectivity index (χ4v) is 1.98. The molecular formula is C14H14N2OS. The number of thiocarbonyl (C=S) groups is 1. The van der Waals surface area contributed by atoms with E-state index in [0.717, 1.165) is 11.3 Å². The van der Waals surface area contributed by atoms with Crippen molar-refractivity contribution in [2.45, 2.75) is 13.5 Å². The van der Waals surface area contributed by atoms with Gasteiger partial charge in [-0.2, -0.15) is 0 Å². The van der Waals surface area contributed by atoms with Crippen molar-refractivity contribution < 1.29 is 0 Å². The number of nitrogens with two attached hydrogens (primary N) is 1. The number of nitrogens with zero attached hydrogens (tertiary/aromatic N) is 1. The standard InChI is InChI=1S/C14H14N2OS/c1-10-7-8-12(13(15)18)14(17)16(10)9-11-5-3-2-4-6-11/h2-8H,9H2,1H3,(H2,15,18). The molecule has 3 nitrogen and oxygen atoms in total. The van der Waals surface area contributed by atoms with Crippen LogP contribution in [-0.2, 0) is 6.54 Å². The van der Waals surface area contributed by atoms with Crippen LogP contribution in [0.25, 0.3) is 0 Å². The number of pyridine rings is 1. The third kappa shape index (κ3) is 2.49. The van der Waals surface area contributed by atoms with Crippen LogP contribution in [0.15, 0.2) is 47.3 Å². The summed E-state index contributed by atoms with van der Waals surface area (Å²) >= 11 is 4.88. The zero-order chi connectivity index (χ0) is 13.1. The van der Waals surface area contributed by atoms with Gasteiger partial charge in [-0.1, -0.05) is 42.5 Å². The minimum absolute atomic E-state index is 0.133. The predicted molar refractivity (Wildman–Crippen MR) is 76.9 cm³/mol. The Bertz CT molecular complexity index is 632. The molecule has 2 aromatic rings. The largest absolute Gasteiger partial charge is 0.389 e. The van der Waals surface area contributed by atoms with Crippen LogP contribution in [-0.4, -0.2) is 9.56 Å². The monoisotopic (exact) mass is 258 g/mol. The highest BCUT2D eigenvalue weighted by atomic mass is 32.1. The number of rotatable bonds is 3. The number of hydrogen-bond acceptors (Lipinski definition) is 2. The highest BCUT2D eigenvalue weighted by Crippen LogP contribution is 2.04. The molecule has 18 heavy (non-hydrogen) atoms. The second-order valence-corrected chi connectivity index (χ2v) is 4.57. The van der Waals surface area contributed by atoms with E-state index in [9.17, 15) is 4.79 Å². The van der Waals surface area contributed by atoms with Crippen LogP contribution >= 0.6 is 12.2 Å². The summed E-state index contributed by atoms with van der Waals surface area (Å²) in [7, 11) is 0. The number of aromatic nitrogens is 1. The molecule has 0 amide bonds. The average molecular weight is 258 g/mol. The van der Waals surface area contributed by atoms with E-state index in [1.54, 1.807) is 10.6 Å². The van der Waals surface area contributed by atoms with Gasteiger partial charge >= 0.3 is 0 Å². The fraction of sp³-hybridized carbons (Fsp3) is 0.143. The van der Waals surface area contributed by atoms with Crippen molar-refractivity contribution in [2.24, 2.45) is 5.73 Å². The van der Waals surface area contributed by atoms with Crippen LogP contribution in [0.3, 0.4) is 0 Å². The highest BCUT2D eigenvalue weighted by Gasteiger charge is 2.08. The number of hydrogen-bond donors (Lipinski definition) is 1. The van der Waals surface area contributed by atoms with Crippen LogP contribution in [0.4, 0.5) is 0 Å². The molecule has 0 aliphatic rings. The van der Waals surface area contributed by atoms with E-state index >= 15 is 0 Å². The summed E-state index contributed by atoms with van der Waals surface area (Å²) in [6.07, 6.45) is 0. The second kappa shape index (κ2) is 5.14. The zero-order valence-corrected chi connectivity index (χ0v) is 10.9. The van der Waals surface area contributed by atoms with Gasteiger partial charge in [-0.25, -0.2) is 0 Å². The summed E-state index contributed by atoms with van der Waals surface area (Å²) in [5.41, 5.74) is 7.77. The Morgan fingerprint density at radius 1 is 1.22 bits per heavy atom. The maximum Gasteiger partial charge on any atom is 0.261 e. The van der Waals surface area contributed by atoms with E-state index in [1.807, 2.05) is 43.3 Å². The Morgan fingerprint density at radius 2 is 1.89 bits per heavy atom. The van der Waals surface area contributed by atoms with Gasteiger partial charge in [0.05, 0.1) is 12.1 Å². The van der Waals surface area contributed by atoms with Crippen molar-refractivity contribution in [1.82, 2.24) is 4.57 Å². The predicted octanol–water partition coefficient (Wildman–Crippen LogP) is 1.84. The average Bonchev–Trinajstić information content (AvgIpc) is 2.35. The summed E-state index contributed by atoms with van der Waals surface area (Å²) in [6.45, 7) is 2.43. The highest BCUT2D eigenvalue weighted by molar-refractivity contribution is 7.80. The lowest BCUT2D eigenvalue weighted by atomic mass is 10.2. The van der Waals surface area contributed by atoms with Crippen molar-refractivity contribution >= 4 is 17.2 Å². The fourth-order valence-electron chi connectivity index (χ4n) is 1.82. The topological polar surface area (TPSA) is 48.0 Å². The Morgan fingerprint density at radius 3 is 2.50 bits per heavy atom. The lowest BCUT2D eigenvalue weighted by Crippen LogP contribution is -2.30. The van der Waals surface area contributed by atoms with Gasteiger partial charge in [-0.15, -0.1) is 0 Å². The Balaban J connectivity index is 2.48. The molecule has 0 bridgehead atoms. The van der Waals surface area contributed by atoms with Gasteiger partial charge in [0.25, 0.3) is 5.56 Å². The molecular weight excluding hydrogens is 244 g/mol. The number of aryl methyl sites for hydroxylation is 1. The van der Waals surface area contributed by atoms with Crippen LogP contribution in [0.1, 0.15) is 16.8 Å². The molecule has 0 aliphatic heterocycles. The molecule has 0 spiro atoms. The van der Waals surface area contributed by atoms with Gasteiger partial charge in [-0.3, -0.25) is 4.79 Å². The van der Waals surface area contributed by atoms with E-state index < -0.39 is 0 Å². The Kier molecular flexibility index (Phi) is 3.58. The van der Waals surface area contributed by atoms with Gasteiger partial charge in [0.15, 0.2) is 0 Å². The molecule has 0 saturated carbocycles. The molecule has 1 aromatic carbocycles. The maximum atomic E-state index is 12.2. The molecule has 0 unspecified atom stereocenters. The van der Waals surface area contributed by atoms with Crippen LogP contribution in [0.2, 0.25) is 0 Å². The summed E-state index contributed by atoms with van der Waals surface area (Å²) in [4.78, 5) is 12.4. The molecule has 2 rings (SSSR count). The normalized spacial score (nSPS) is 10.3. The Labute approximate surface area is 111 Å². The molecule has 2 N–H and O–H groups in total. The van der Waals surface area contributed by atoms with Crippen molar-refractivity contribution in [3.05, 3.63) is 69.6 Å². The maximum absolute atomic E-state index is 12.2. The lowest BCUT2D eigenvalue weighted by Gasteiger charge is -2.11. The van der Waals surface area contributed by atoms with E-state index in [2.05, 4.69) is 0 Å². The molecule has 1 heterocycles. The van der Waals surface area contributed by atoms with Crippen molar-refractivity contribution in [2.75, 3.05) is 0 Å². The third-order valence-electron chi connectivity index (χ3n) is 2.84. The first-order chi connectivity index (χ1) is 8.59. The van der Waals surface area contributed by atoms with Gasteiger partial charge in [0, 0.05) is 5.69 Å². The lowest BCUT2D eigenvalue weighted by molar-refractivity contribution is 0.728. The first-order valence-corrected chi connectivity index (χ1v) is 6.04. The smallest absolute Gasteiger partial charge is 0.261 e. The molecule has 1 aromatic heterocycles. The summed E-state index contributed by atoms with van der Waals surface area (Å²) in [6, 6.07) is 13.4. The molecule has 0 atom stereocenters. The van der Waals surface area contributed by atoms with Gasteiger partial charge in [0.1, 0.15) is 4.99 Å². The summed E-state index contributed by atoms with van der Waals surface area (Å²) in [5.74, 6) is 0. The van der Waals surface area contributed by atoms with E-state index in [4.69, 9.17) is 18.0 Å². The molecule has 4 heteroatoms. The van der Waals surface area contributed by atoms with Crippen LogP contribution in [0, 0.1) is 6.92 Å². The van der Waals surface area contributed by atoms with E-state index in [0.29, 0.717) is 12.1 Å². The zero-order valence-electron chi connectivity index (χ0n) is 10.1. The van der Waals surface area contributed by atoms with Crippen LogP contribution < -0.4 is 11.3 Å². The van der Waals surface area contributed by atoms with Gasteiger partial charge < -0.3 is 10.3 Å². The molecule has 92 valence electrons. The Hall–Kier alpha value is -1.94. The van der Waals surface area contributed by atoms with Crippen LogP contribution in [0.5, 0.6) is 0 Å². The molecule has 0 aliphatic carbocycles. The van der Waals surface area contributed by atoms with Crippen molar-refractivity contribution in [3.8, 4) is 0 Å². The van der Waals surface area contributed by atoms with Gasteiger partial charge in [-0.05, 0) is 24.6 Å². The SMILES string of the molecule is Cc1ccc(C(N)=S)c(=O)n1Cc1ccccc1. The summed E-state index contributed by atoms with van der Waals surface area (Å²) in [5, 5.41) is 0. The van der Waals surface area contributed by atoms with E-state index in [1.165, 1.54) is 0 Å².